The van der Waals surface area contributed by atoms with Crippen LogP contribution in [0, 0.1) is 5.41 Å². The maximum absolute atomic E-state index is 11.3. The number of nitrogens with zero attached hydrogens (tertiary/aromatic N) is 3. The van der Waals surface area contributed by atoms with Crippen molar-refractivity contribution in [3.8, 4) is 0 Å². The smallest absolute Gasteiger partial charge is 0.448 e. The average molecular weight is 335 g/mol. The molecule has 0 saturated carbocycles. The van der Waals surface area contributed by atoms with Crippen LogP contribution in [0.4, 0.5) is 10.5 Å². The van der Waals surface area contributed by atoms with Crippen LogP contribution in [0.15, 0.2) is 24.3 Å². The van der Waals surface area contributed by atoms with Gasteiger partial charge in [-0.05, 0) is 17.7 Å². The second-order valence-electron chi connectivity index (χ2n) is 5.49. The second-order valence-corrected chi connectivity index (χ2v) is 5.49. The van der Waals surface area contributed by atoms with E-state index in [2.05, 4.69) is 9.74 Å². The Kier molecular flexibility index (Phi) is 5.59. The molecular formula is C15H21N5O4. The van der Waals surface area contributed by atoms with E-state index in [1.807, 2.05) is 17.0 Å². The molecule has 0 bridgehead atoms. The average Bonchev–Trinajstić information content (AvgIpc) is 2.53. The van der Waals surface area contributed by atoms with Gasteiger partial charge in [0.05, 0.1) is 5.69 Å². The lowest BCUT2D eigenvalue weighted by Crippen LogP contribution is -2.47. The molecule has 24 heavy (non-hydrogen) atoms. The van der Waals surface area contributed by atoms with Crippen molar-refractivity contribution in [1.29, 1.82) is 5.41 Å². The summed E-state index contributed by atoms with van der Waals surface area (Å²) >= 11 is 0. The van der Waals surface area contributed by atoms with E-state index >= 15 is 0 Å². The first-order chi connectivity index (χ1) is 11.4. The van der Waals surface area contributed by atoms with E-state index in [1.165, 1.54) is 0 Å². The zero-order valence-electron chi connectivity index (χ0n) is 13.4. The van der Waals surface area contributed by atoms with Gasteiger partial charge in [0, 0.05) is 39.6 Å². The normalized spacial score (nSPS) is 15.0. The number of carboxylic acid groups (broad SMARTS) is 1. The molecule has 2 rings (SSSR count). The van der Waals surface area contributed by atoms with Gasteiger partial charge in [-0.1, -0.05) is 12.1 Å². The Morgan fingerprint density at radius 2 is 1.83 bits per heavy atom. The van der Waals surface area contributed by atoms with Gasteiger partial charge in [-0.15, -0.1) is 5.06 Å². The first-order valence-electron chi connectivity index (χ1n) is 7.48. The highest BCUT2D eigenvalue weighted by molar-refractivity contribution is 5.91. The third-order valence-electron chi connectivity index (χ3n) is 3.78. The van der Waals surface area contributed by atoms with E-state index in [9.17, 15) is 9.59 Å². The maximum atomic E-state index is 11.3. The number of rotatable bonds is 3. The molecule has 0 radical (unpaired) electrons. The van der Waals surface area contributed by atoms with E-state index in [4.69, 9.17) is 16.2 Å². The minimum Gasteiger partial charge on any atom is -0.448 e. The van der Waals surface area contributed by atoms with E-state index in [0.717, 1.165) is 43.4 Å². The van der Waals surface area contributed by atoms with Gasteiger partial charge in [0.15, 0.2) is 0 Å². The van der Waals surface area contributed by atoms with Crippen molar-refractivity contribution in [1.82, 2.24) is 9.80 Å². The lowest BCUT2D eigenvalue weighted by atomic mass is 10.1. The molecule has 1 aromatic carbocycles. The van der Waals surface area contributed by atoms with Crippen molar-refractivity contribution in [2.75, 3.05) is 31.2 Å². The fraction of sp³-hybridized carbons (Fsp3) is 0.400. The molecule has 0 aromatic heterocycles. The fourth-order valence-corrected chi connectivity index (χ4v) is 2.53. The van der Waals surface area contributed by atoms with Crippen molar-refractivity contribution in [2.24, 2.45) is 5.73 Å². The van der Waals surface area contributed by atoms with Crippen LogP contribution in [0.25, 0.3) is 0 Å². The molecule has 130 valence electrons. The molecule has 0 spiro atoms. The standard InChI is InChI=1S/C15H21N5O4/c1-11(21)19-8-6-18(7-9-19)10-12-2-4-13(5-3-12)20(14(16)17)24-15(22)23/h2-5H,6-10H2,1H3,(H3,16,17)(H,22,23). The Morgan fingerprint density at radius 1 is 1.25 bits per heavy atom. The molecule has 0 atom stereocenters. The van der Waals surface area contributed by atoms with Crippen molar-refractivity contribution < 1.29 is 19.5 Å². The predicted octanol–water partition coefficient (Wildman–Crippen LogP) is 0.660. The summed E-state index contributed by atoms with van der Waals surface area (Å²) in [7, 11) is 0. The first-order valence-corrected chi connectivity index (χ1v) is 7.48. The molecular weight excluding hydrogens is 314 g/mol. The van der Waals surface area contributed by atoms with Crippen molar-refractivity contribution >= 4 is 23.7 Å². The van der Waals surface area contributed by atoms with Gasteiger partial charge in [0.25, 0.3) is 0 Å². The van der Waals surface area contributed by atoms with Crippen LogP contribution in [-0.4, -0.2) is 59.1 Å². The number of nitrogens with two attached hydrogens (primary N) is 1. The maximum Gasteiger partial charge on any atom is 0.531 e. The van der Waals surface area contributed by atoms with Gasteiger partial charge >= 0.3 is 6.16 Å². The number of guanidine groups is 1. The molecule has 1 fully saturated rings. The molecule has 9 heteroatoms. The molecule has 9 nitrogen and oxygen atoms in total. The summed E-state index contributed by atoms with van der Waals surface area (Å²) in [6.07, 6.45) is -1.54. The lowest BCUT2D eigenvalue weighted by molar-refractivity contribution is -0.130. The van der Waals surface area contributed by atoms with Crippen LogP contribution in [0.3, 0.4) is 0 Å². The van der Waals surface area contributed by atoms with Crippen molar-refractivity contribution in [3.63, 3.8) is 0 Å². The van der Waals surface area contributed by atoms with Gasteiger partial charge in [-0.25, -0.2) is 4.79 Å². The summed E-state index contributed by atoms with van der Waals surface area (Å²) in [6, 6.07) is 6.94. The molecule has 1 aromatic rings. The lowest BCUT2D eigenvalue weighted by Gasteiger charge is -2.34. The molecule has 1 aliphatic rings. The molecule has 1 heterocycles. The number of carbonyl (C=O) groups excluding carboxylic acids is 1. The van der Waals surface area contributed by atoms with Crippen LogP contribution in [0.2, 0.25) is 0 Å². The van der Waals surface area contributed by atoms with E-state index < -0.39 is 12.1 Å². The number of hydroxylamine groups is 1. The summed E-state index contributed by atoms with van der Waals surface area (Å²) in [5.74, 6) is -0.424. The van der Waals surface area contributed by atoms with Gasteiger partial charge < -0.3 is 15.7 Å². The van der Waals surface area contributed by atoms with Crippen LogP contribution < -0.4 is 10.8 Å². The number of piperazine rings is 1. The molecule has 1 amide bonds. The van der Waals surface area contributed by atoms with Crippen LogP contribution in [-0.2, 0) is 16.2 Å². The van der Waals surface area contributed by atoms with Crippen LogP contribution in [0.1, 0.15) is 12.5 Å². The van der Waals surface area contributed by atoms with E-state index in [1.54, 1.807) is 19.1 Å². The first kappa shape index (κ1) is 17.5. The Bertz CT molecular complexity index is 611. The minimum atomic E-state index is -1.54. The Morgan fingerprint density at radius 3 is 2.29 bits per heavy atom. The van der Waals surface area contributed by atoms with Crippen LogP contribution >= 0.6 is 0 Å². The van der Waals surface area contributed by atoms with Crippen LogP contribution in [0.5, 0.6) is 0 Å². The van der Waals surface area contributed by atoms with Gasteiger partial charge in [-0.3, -0.25) is 19.9 Å². The fourth-order valence-electron chi connectivity index (χ4n) is 2.53. The molecule has 0 unspecified atom stereocenters. The third kappa shape index (κ3) is 4.59. The molecule has 4 N–H and O–H groups in total. The summed E-state index contributed by atoms with van der Waals surface area (Å²) in [5, 5.41) is 16.8. The number of carbonyl (C=O) groups is 2. The Hall–Kier alpha value is -2.81. The highest BCUT2D eigenvalue weighted by Crippen LogP contribution is 2.17. The van der Waals surface area contributed by atoms with E-state index in [-0.39, 0.29) is 5.91 Å². The molecule has 1 aliphatic heterocycles. The van der Waals surface area contributed by atoms with Gasteiger partial charge in [0.2, 0.25) is 11.9 Å². The number of anilines is 1. The Labute approximate surface area is 139 Å². The SMILES string of the molecule is CC(=O)N1CCN(Cc2ccc(N(OC(=O)O)C(=N)N)cc2)CC1. The van der Waals surface area contributed by atoms with Crippen molar-refractivity contribution in [3.05, 3.63) is 29.8 Å². The quantitative estimate of drug-likeness (QED) is 0.421. The van der Waals surface area contributed by atoms with E-state index in [0.29, 0.717) is 5.69 Å². The summed E-state index contributed by atoms with van der Waals surface area (Å²) < 4.78 is 0. The summed E-state index contributed by atoms with van der Waals surface area (Å²) in [4.78, 5) is 30.5. The number of hydrogen-bond donors (Lipinski definition) is 3. The number of benzene rings is 1. The number of hydrogen-bond acceptors (Lipinski definition) is 5. The van der Waals surface area contributed by atoms with Gasteiger partial charge in [-0.2, -0.15) is 0 Å². The third-order valence-corrected chi connectivity index (χ3v) is 3.78. The monoisotopic (exact) mass is 335 g/mol. The predicted molar refractivity (Wildman–Crippen MR) is 87.5 cm³/mol. The second kappa shape index (κ2) is 7.64. The number of nitrogens with one attached hydrogen (secondary N) is 1. The van der Waals surface area contributed by atoms with Crippen molar-refractivity contribution in [2.45, 2.75) is 13.5 Å². The zero-order valence-corrected chi connectivity index (χ0v) is 13.4. The Balaban J connectivity index is 1.96. The minimum absolute atomic E-state index is 0.0988. The van der Waals surface area contributed by atoms with Gasteiger partial charge in [0.1, 0.15) is 0 Å². The highest BCUT2D eigenvalue weighted by Gasteiger charge is 2.19. The summed E-state index contributed by atoms with van der Waals surface area (Å²) in [5.41, 5.74) is 6.71. The zero-order chi connectivity index (χ0) is 17.7. The number of amides is 1. The topological polar surface area (TPSA) is 123 Å². The highest BCUT2D eigenvalue weighted by atomic mass is 16.8. The molecule has 0 aliphatic carbocycles. The largest absolute Gasteiger partial charge is 0.531 e. The summed E-state index contributed by atoms with van der Waals surface area (Å²) in [6.45, 7) is 5.36. The molecule has 1 saturated heterocycles.